The Labute approximate surface area is 179 Å². The van der Waals surface area contributed by atoms with Crippen molar-refractivity contribution in [2.45, 2.75) is 13.5 Å². The molecule has 1 aromatic heterocycles. The van der Waals surface area contributed by atoms with Gasteiger partial charge in [-0.05, 0) is 25.1 Å². The molecule has 1 aliphatic rings. The minimum atomic E-state index is -0.0392. The summed E-state index contributed by atoms with van der Waals surface area (Å²) in [6.07, 6.45) is 0. The highest BCUT2D eigenvalue weighted by Gasteiger charge is 2.24. The van der Waals surface area contributed by atoms with Gasteiger partial charge in [-0.15, -0.1) is 0 Å². The summed E-state index contributed by atoms with van der Waals surface area (Å²) in [5.41, 5.74) is 2.67. The van der Waals surface area contributed by atoms with Crippen LogP contribution in [0.4, 0.5) is 0 Å². The minimum Gasteiger partial charge on any atom is -0.338 e. The monoisotopic (exact) mass is 430 g/mol. The summed E-state index contributed by atoms with van der Waals surface area (Å²) in [4.78, 5) is 21.2. The van der Waals surface area contributed by atoms with Gasteiger partial charge in [-0.1, -0.05) is 58.2 Å². The molecule has 1 aliphatic heterocycles. The molecule has 150 valence electrons. The van der Waals surface area contributed by atoms with Crippen molar-refractivity contribution in [3.63, 3.8) is 0 Å². The lowest BCUT2D eigenvalue weighted by molar-refractivity contribution is 0.0615. The van der Waals surface area contributed by atoms with E-state index in [4.69, 9.17) is 27.7 Å². The molecule has 29 heavy (non-hydrogen) atoms. The maximum absolute atomic E-state index is 12.7. The predicted molar refractivity (Wildman–Crippen MR) is 112 cm³/mol. The maximum Gasteiger partial charge on any atom is 0.253 e. The highest BCUT2D eigenvalue weighted by molar-refractivity contribution is 6.42. The Hall–Kier alpha value is -2.41. The molecule has 0 unspecified atom stereocenters. The van der Waals surface area contributed by atoms with Crippen molar-refractivity contribution in [3.05, 3.63) is 69.5 Å². The zero-order valence-corrected chi connectivity index (χ0v) is 17.5. The zero-order chi connectivity index (χ0) is 20.4. The van der Waals surface area contributed by atoms with Gasteiger partial charge in [0, 0.05) is 37.3 Å². The largest absolute Gasteiger partial charge is 0.338 e. The van der Waals surface area contributed by atoms with Crippen LogP contribution in [0.2, 0.25) is 10.0 Å². The first-order valence-electron chi connectivity index (χ1n) is 9.36. The third-order valence-electron chi connectivity index (χ3n) is 4.96. The second kappa shape index (κ2) is 8.53. The first-order chi connectivity index (χ1) is 14.0. The van der Waals surface area contributed by atoms with Gasteiger partial charge in [0.25, 0.3) is 5.91 Å². The number of rotatable bonds is 4. The molecule has 0 bridgehead atoms. The molecule has 0 spiro atoms. The van der Waals surface area contributed by atoms with Crippen molar-refractivity contribution >= 4 is 29.1 Å². The van der Waals surface area contributed by atoms with Gasteiger partial charge in [0.2, 0.25) is 11.7 Å². The van der Waals surface area contributed by atoms with Crippen molar-refractivity contribution in [1.29, 1.82) is 0 Å². The molecule has 8 heteroatoms. The number of hydrogen-bond donors (Lipinski definition) is 0. The van der Waals surface area contributed by atoms with E-state index in [0.29, 0.717) is 47.0 Å². The van der Waals surface area contributed by atoms with Crippen molar-refractivity contribution in [3.8, 4) is 11.4 Å². The van der Waals surface area contributed by atoms with E-state index in [2.05, 4.69) is 15.0 Å². The summed E-state index contributed by atoms with van der Waals surface area (Å²) in [5, 5.41) is 4.91. The van der Waals surface area contributed by atoms with Gasteiger partial charge >= 0.3 is 0 Å². The molecule has 1 fully saturated rings. The number of piperazine rings is 1. The van der Waals surface area contributed by atoms with Crippen LogP contribution >= 0.6 is 23.2 Å². The zero-order valence-electron chi connectivity index (χ0n) is 15.9. The smallest absolute Gasteiger partial charge is 0.253 e. The second-order valence-corrected chi connectivity index (χ2v) is 7.89. The van der Waals surface area contributed by atoms with Crippen molar-refractivity contribution in [1.82, 2.24) is 19.9 Å². The van der Waals surface area contributed by atoms with E-state index in [1.807, 2.05) is 36.1 Å². The van der Waals surface area contributed by atoms with Gasteiger partial charge < -0.3 is 9.42 Å². The molecule has 1 amide bonds. The Morgan fingerprint density at radius 1 is 1.03 bits per heavy atom. The molecule has 2 aromatic carbocycles. The molecule has 1 saturated heterocycles. The average Bonchev–Trinajstić information content (AvgIpc) is 3.19. The lowest BCUT2D eigenvalue weighted by Gasteiger charge is -2.34. The van der Waals surface area contributed by atoms with E-state index >= 15 is 0 Å². The number of aromatic nitrogens is 2. The Morgan fingerprint density at radius 2 is 1.76 bits per heavy atom. The summed E-state index contributed by atoms with van der Waals surface area (Å²) < 4.78 is 5.41. The summed E-state index contributed by atoms with van der Waals surface area (Å²) >= 11 is 12.0. The van der Waals surface area contributed by atoms with Gasteiger partial charge in [0.1, 0.15) is 0 Å². The second-order valence-electron chi connectivity index (χ2n) is 7.07. The van der Waals surface area contributed by atoms with Gasteiger partial charge in [-0.2, -0.15) is 4.98 Å². The number of benzene rings is 2. The molecule has 0 saturated carbocycles. The normalized spacial score (nSPS) is 14.9. The van der Waals surface area contributed by atoms with E-state index in [-0.39, 0.29) is 5.91 Å². The van der Waals surface area contributed by atoms with Crippen LogP contribution < -0.4 is 0 Å². The summed E-state index contributed by atoms with van der Waals surface area (Å²) in [6, 6.07) is 13.0. The van der Waals surface area contributed by atoms with Crippen LogP contribution in [0.5, 0.6) is 0 Å². The Kier molecular flexibility index (Phi) is 5.85. The SMILES string of the molecule is Cc1ccc(-c2noc(CN3CCN(C(=O)c4ccc(Cl)c(Cl)c4)CC3)n2)cc1. The molecule has 0 N–H and O–H groups in total. The van der Waals surface area contributed by atoms with E-state index in [1.54, 1.807) is 18.2 Å². The number of amides is 1. The van der Waals surface area contributed by atoms with Crippen molar-refractivity contribution in [2.75, 3.05) is 26.2 Å². The van der Waals surface area contributed by atoms with E-state index in [0.717, 1.165) is 18.7 Å². The number of aryl methyl sites for hydroxylation is 1. The summed E-state index contributed by atoms with van der Waals surface area (Å²) in [5.74, 6) is 1.13. The lowest BCUT2D eigenvalue weighted by atomic mass is 10.1. The fourth-order valence-corrected chi connectivity index (χ4v) is 3.55. The van der Waals surface area contributed by atoms with Crippen LogP contribution in [0.15, 0.2) is 47.0 Å². The fourth-order valence-electron chi connectivity index (χ4n) is 3.25. The molecule has 6 nitrogen and oxygen atoms in total. The summed E-state index contributed by atoms with van der Waals surface area (Å²) in [6.45, 7) is 5.31. The van der Waals surface area contributed by atoms with Gasteiger partial charge in [-0.3, -0.25) is 9.69 Å². The van der Waals surface area contributed by atoms with E-state index < -0.39 is 0 Å². The molecule has 3 aromatic rings. The lowest BCUT2D eigenvalue weighted by Crippen LogP contribution is -2.48. The summed E-state index contributed by atoms with van der Waals surface area (Å²) in [7, 11) is 0. The first kappa shape index (κ1) is 19.9. The number of carbonyl (C=O) groups is 1. The molecule has 4 rings (SSSR count). The highest BCUT2D eigenvalue weighted by atomic mass is 35.5. The van der Waals surface area contributed by atoms with Crippen LogP contribution in [0.3, 0.4) is 0 Å². The number of hydrogen-bond acceptors (Lipinski definition) is 5. The van der Waals surface area contributed by atoms with Crippen LogP contribution in [-0.4, -0.2) is 52.0 Å². The van der Waals surface area contributed by atoms with Gasteiger partial charge in [0.05, 0.1) is 16.6 Å². The quantitative estimate of drug-likeness (QED) is 0.616. The Balaban J connectivity index is 1.33. The van der Waals surface area contributed by atoms with Gasteiger partial charge in [-0.25, -0.2) is 0 Å². The number of nitrogens with zero attached hydrogens (tertiary/aromatic N) is 4. The molecule has 0 radical (unpaired) electrons. The van der Waals surface area contributed by atoms with Crippen LogP contribution in [-0.2, 0) is 6.54 Å². The first-order valence-corrected chi connectivity index (χ1v) is 10.1. The van der Waals surface area contributed by atoms with Crippen LogP contribution in [0, 0.1) is 6.92 Å². The van der Waals surface area contributed by atoms with E-state index in [9.17, 15) is 4.79 Å². The third-order valence-corrected chi connectivity index (χ3v) is 5.70. The molecular formula is C21H20Cl2N4O2. The molecule has 2 heterocycles. The Morgan fingerprint density at radius 3 is 2.45 bits per heavy atom. The van der Waals surface area contributed by atoms with Crippen LogP contribution in [0.1, 0.15) is 21.8 Å². The number of halogens is 2. The molecular weight excluding hydrogens is 411 g/mol. The average molecular weight is 431 g/mol. The standard InChI is InChI=1S/C21H20Cl2N4O2/c1-14-2-4-15(5-3-14)20-24-19(29-25-20)13-26-8-10-27(11-9-26)21(28)16-6-7-17(22)18(23)12-16/h2-7,12H,8-11,13H2,1H3. The Bertz CT molecular complexity index is 1010. The minimum absolute atomic E-state index is 0.0392. The highest BCUT2D eigenvalue weighted by Crippen LogP contribution is 2.24. The number of carbonyl (C=O) groups excluding carboxylic acids is 1. The topological polar surface area (TPSA) is 62.5 Å². The predicted octanol–water partition coefficient (Wildman–Crippen LogP) is 4.31. The van der Waals surface area contributed by atoms with Crippen molar-refractivity contribution in [2.24, 2.45) is 0 Å². The molecule has 0 aliphatic carbocycles. The fraction of sp³-hybridized carbons (Fsp3) is 0.286. The van der Waals surface area contributed by atoms with Crippen LogP contribution in [0.25, 0.3) is 11.4 Å². The van der Waals surface area contributed by atoms with Crippen molar-refractivity contribution < 1.29 is 9.32 Å². The third kappa shape index (κ3) is 4.61. The van der Waals surface area contributed by atoms with E-state index in [1.165, 1.54) is 5.56 Å². The molecule has 0 atom stereocenters. The van der Waals surface area contributed by atoms with Gasteiger partial charge in [0.15, 0.2) is 0 Å². The maximum atomic E-state index is 12.7.